The van der Waals surface area contributed by atoms with E-state index in [0.717, 1.165) is 38.4 Å². The number of hydrogen-bond donors (Lipinski definition) is 1. The van der Waals surface area contributed by atoms with E-state index in [0.29, 0.717) is 0 Å². The van der Waals surface area contributed by atoms with Gasteiger partial charge in [0, 0.05) is 32.4 Å². The van der Waals surface area contributed by atoms with Crippen LogP contribution in [0.3, 0.4) is 0 Å². The molecule has 1 aromatic rings. The normalized spacial score (nSPS) is 22.9. The molecule has 1 aromatic heterocycles. The Balaban J connectivity index is 1.92. The van der Waals surface area contributed by atoms with Gasteiger partial charge in [0.15, 0.2) is 0 Å². The van der Waals surface area contributed by atoms with Gasteiger partial charge in [-0.25, -0.2) is 0 Å². The molecule has 4 heteroatoms. The van der Waals surface area contributed by atoms with Gasteiger partial charge in [-0.2, -0.15) is 0 Å². The first kappa shape index (κ1) is 15.4. The van der Waals surface area contributed by atoms with E-state index in [4.69, 9.17) is 4.74 Å². The molecule has 0 spiro atoms. The van der Waals surface area contributed by atoms with E-state index in [9.17, 15) is 0 Å². The van der Waals surface area contributed by atoms with E-state index < -0.39 is 0 Å². The summed E-state index contributed by atoms with van der Waals surface area (Å²) in [6.07, 6.45) is 2.26. The van der Waals surface area contributed by atoms with Crippen LogP contribution in [0.5, 0.6) is 0 Å². The second kappa shape index (κ2) is 6.66. The third-order valence-electron chi connectivity index (χ3n) is 3.49. The van der Waals surface area contributed by atoms with Crippen molar-refractivity contribution in [2.24, 2.45) is 0 Å². The highest BCUT2D eigenvalue weighted by atomic mass is 16.5. The number of pyridine rings is 1. The van der Waals surface area contributed by atoms with Crippen molar-refractivity contribution < 1.29 is 4.74 Å². The summed E-state index contributed by atoms with van der Waals surface area (Å²) in [6.45, 7) is 13.3. The molecule has 1 unspecified atom stereocenters. The largest absolute Gasteiger partial charge is 0.370 e. The van der Waals surface area contributed by atoms with Gasteiger partial charge in [0.05, 0.1) is 17.4 Å². The van der Waals surface area contributed by atoms with Gasteiger partial charge in [-0.05, 0) is 38.9 Å². The zero-order valence-electron chi connectivity index (χ0n) is 13.1. The highest BCUT2D eigenvalue weighted by molar-refractivity contribution is 5.14. The predicted octanol–water partition coefficient (Wildman–Crippen LogP) is 2.19. The second-order valence-electron chi connectivity index (χ2n) is 6.30. The van der Waals surface area contributed by atoms with Gasteiger partial charge in [0.25, 0.3) is 0 Å². The van der Waals surface area contributed by atoms with Crippen LogP contribution in [0, 0.1) is 0 Å². The Morgan fingerprint density at radius 3 is 2.85 bits per heavy atom. The van der Waals surface area contributed by atoms with Crippen molar-refractivity contribution in [1.29, 1.82) is 0 Å². The fourth-order valence-electron chi connectivity index (χ4n) is 2.86. The molecular weight excluding hydrogens is 250 g/mol. The van der Waals surface area contributed by atoms with Gasteiger partial charge in [-0.15, -0.1) is 0 Å². The molecule has 112 valence electrons. The summed E-state index contributed by atoms with van der Waals surface area (Å²) in [5, 5.41) is 3.32. The molecule has 1 fully saturated rings. The van der Waals surface area contributed by atoms with Crippen molar-refractivity contribution in [2.45, 2.75) is 52.5 Å². The molecule has 0 aromatic carbocycles. The van der Waals surface area contributed by atoms with E-state index in [1.165, 1.54) is 5.56 Å². The number of morpholine rings is 1. The van der Waals surface area contributed by atoms with Crippen LogP contribution in [0.4, 0.5) is 0 Å². The second-order valence-corrected chi connectivity index (χ2v) is 6.30. The Morgan fingerprint density at radius 2 is 2.25 bits per heavy atom. The van der Waals surface area contributed by atoms with Crippen LogP contribution in [-0.2, 0) is 17.8 Å². The van der Waals surface area contributed by atoms with Crippen molar-refractivity contribution >= 4 is 0 Å². The molecule has 20 heavy (non-hydrogen) atoms. The topological polar surface area (TPSA) is 37.4 Å². The van der Waals surface area contributed by atoms with Crippen LogP contribution >= 0.6 is 0 Å². The lowest BCUT2D eigenvalue weighted by Gasteiger charge is -2.41. The van der Waals surface area contributed by atoms with E-state index >= 15 is 0 Å². The molecule has 1 aliphatic heterocycles. The van der Waals surface area contributed by atoms with Crippen LogP contribution < -0.4 is 5.32 Å². The van der Waals surface area contributed by atoms with Crippen LogP contribution in [0.25, 0.3) is 0 Å². The van der Waals surface area contributed by atoms with Crippen molar-refractivity contribution in [3.63, 3.8) is 0 Å². The number of hydrogen-bond acceptors (Lipinski definition) is 4. The van der Waals surface area contributed by atoms with E-state index in [1.807, 2.05) is 6.20 Å². The number of rotatable bonds is 5. The lowest BCUT2D eigenvalue weighted by atomic mass is 10.1. The summed E-state index contributed by atoms with van der Waals surface area (Å²) in [5.41, 5.74) is 2.31. The average molecular weight is 277 g/mol. The van der Waals surface area contributed by atoms with Crippen molar-refractivity contribution in [3.8, 4) is 0 Å². The van der Waals surface area contributed by atoms with Gasteiger partial charge in [0.1, 0.15) is 0 Å². The SMILES string of the molecule is CCNCc1ccc(CN2CC(C)OC(C)(C)C2)nc1. The third kappa shape index (κ3) is 4.54. The van der Waals surface area contributed by atoms with Crippen molar-refractivity contribution in [2.75, 3.05) is 19.6 Å². The molecular formula is C16H27N3O. The molecule has 0 bridgehead atoms. The third-order valence-corrected chi connectivity index (χ3v) is 3.49. The smallest absolute Gasteiger partial charge is 0.0757 e. The van der Waals surface area contributed by atoms with Gasteiger partial charge in [-0.1, -0.05) is 13.0 Å². The van der Waals surface area contributed by atoms with Crippen molar-refractivity contribution in [3.05, 3.63) is 29.6 Å². The van der Waals surface area contributed by atoms with Crippen LogP contribution in [0.1, 0.15) is 39.0 Å². The maximum Gasteiger partial charge on any atom is 0.0757 e. The lowest BCUT2D eigenvalue weighted by molar-refractivity contribution is -0.130. The minimum Gasteiger partial charge on any atom is -0.370 e. The Bertz CT molecular complexity index is 416. The molecule has 2 rings (SSSR count). The Hall–Kier alpha value is -0.970. The zero-order valence-corrected chi connectivity index (χ0v) is 13.1. The lowest BCUT2D eigenvalue weighted by Crippen LogP contribution is -2.51. The molecule has 1 aliphatic rings. The molecule has 0 amide bonds. The first-order valence-electron chi connectivity index (χ1n) is 7.53. The maximum atomic E-state index is 5.93. The number of nitrogens with zero attached hydrogens (tertiary/aromatic N) is 2. The fraction of sp³-hybridized carbons (Fsp3) is 0.688. The van der Waals surface area contributed by atoms with Gasteiger partial charge >= 0.3 is 0 Å². The summed E-state index contributed by atoms with van der Waals surface area (Å²) >= 11 is 0. The number of nitrogens with one attached hydrogen (secondary N) is 1. The average Bonchev–Trinajstić information content (AvgIpc) is 2.35. The van der Waals surface area contributed by atoms with E-state index in [-0.39, 0.29) is 11.7 Å². The zero-order chi connectivity index (χ0) is 14.6. The van der Waals surface area contributed by atoms with Gasteiger partial charge in [0.2, 0.25) is 0 Å². The van der Waals surface area contributed by atoms with Gasteiger partial charge in [-0.3, -0.25) is 9.88 Å². The maximum absolute atomic E-state index is 5.93. The Kier molecular flexibility index (Phi) is 5.13. The fourth-order valence-corrected chi connectivity index (χ4v) is 2.86. The molecule has 0 saturated carbocycles. The molecule has 4 nitrogen and oxygen atoms in total. The molecule has 1 N–H and O–H groups in total. The molecule has 2 heterocycles. The monoisotopic (exact) mass is 277 g/mol. The van der Waals surface area contributed by atoms with Crippen LogP contribution in [0.2, 0.25) is 0 Å². The summed E-state index contributed by atoms with van der Waals surface area (Å²) in [4.78, 5) is 7.01. The van der Waals surface area contributed by atoms with Gasteiger partial charge < -0.3 is 10.1 Å². The Labute approximate surface area is 122 Å². The standard InChI is InChI=1S/C16H27N3O/c1-5-17-8-14-6-7-15(18-9-14)11-19-10-13(2)20-16(3,4)12-19/h6-7,9,13,17H,5,8,10-12H2,1-4H3. The summed E-state index contributed by atoms with van der Waals surface area (Å²) in [6, 6.07) is 4.31. The summed E-state index contributed by atoms with van der Waals surface area (Å²) in [5.74, 6) is 0. The predicted molar refractivity (Wildman–Crippen MR) is 81.5 cm³/mol. The number of ether oxygens (including phenoxy) is 1. The van der Waals surface area contributed by atoms with E-state index in [2.05, 4.69) is 55.0 Å². The first-order chi connectivity index (χ1) is 9.48. The molecule has 1 atom stereocenters. The molecule has 0 radical (unpaired) electrons. The van der Waals surface area contributed by atoms with Crippen molar-refractivity contribution in [1.82, 2.24) is 15.2 Å². The highest BCUT2D eigenvalue weighted by Gasteiger charge is 2.31. The van der Waals surface area contributed by atoms with E-state index in [1.54, 1.807) is 0 Å². The summed E-state index contributed by atoms with van der Waals surface area (Å²) in [7, 11) is 0. The number of aromatic nitrogens is 1. The molecule has 0 aliphatic carbocycles. The first-order valence-corrected chi connectivity index (χ1v) is 7.53. The summed E-state index contributed by atoms with van der Waals surface area (Å²) < 4.78 is 5.93. The highest BCUT2D eigenvalue weighted by Crippen LogP contribution is 2.21. The minimum atomic E-state index is -0.0668. The minimum absolute atomic E-state index is 0.0668. The van der Waals surface area contributed by atoms with Crippen LogP contribution in [-0.4, -0.2) is 41.2 Å². The molecule has 1 saturated heterocycles. The quantitative estimate of drug-likeness (QED) is 0.895. The Morgan fingerprint density at radius 1 is 1.45 bits per heavy atom. The van der Waals surface area contributed by atoms with Crippen LogP contribution in [0.15, 0.2) is 18.3 Å².